The summed E-state index contributed by atoms with van der Waals surface area (Å²) < 4.78 is 7.29. The van der Waals surface area contributed by atoms with Crippen molar-refractivity contribution in [2.75, 3.05) is 18.1 Å². The fourth-order valence-electron chi connectivity index (χ4n) is 3.65. The van der Waals surface area contributed by atoms with E-state index >= 15 is 0 Å². The highest BCUT2D eigenvalue weighted by molar-refractivity contribution is 9.10. The summed E-state index contributed by atoms with van der Waals surface area (Å²) in [5.74, 6) is 8.83. The van der Waals surface area contributed by atoms with Gasteiger partial charge in [-0.3, -0.25) is 11.3 Å². The largest absolute Gasteiger partial charge is 0.374 e. The first-order valence-corrected chi connectivity index (χ1v) is 9.53. The topological polar surface area (TPSA) is 47.3 Å². The van der Waals surface area contributed by atoms with E-state index < -0.39 is 0 Å². The fraction of sp³-hybridized carbons (Fsp3) is 0.625. The van der Waals surface area contributed by atoms with Crippen LogP contribution in [0.5, 0.6) is 0 Å². The molecule has 0 amide bonds. The fourth-order valence-corrected chi connectivity index (χ4v) is 5.41. The summed E-state index contributed by atoms with van der Waals surface area (Å²) in [6.45, 7) is 3.01. The van der Waals surface area contributed by atoms with Crippen molar-refractivity contribution in [3.05, 3.63) is 33.8 Å². The number of thioether (sulfide) groups is 1. The summed E-state index contributed by atoms with van der Waals surface area (Å²) in [6, 6.07) is 6.58. The molecule has 3 nitrogen and oxygen atoms in total. The van der Waals surface area contributed by atoms with Gasteiger partial charge in [-0.05, 0) is 55.1 Å². The van der Waals surface area contributed by atoms with Gasteiger partial charge in [-0.15, -0.1) is 0 Å². The van der Waals surface area contributed by atoms with Crippen molar-refractivity contribution in [3.8, 4) is 0 Å². The third-order valence-corrected chi connectivity index (χ3v) is 6.98. The Morgan fingerprint density at radius 2 is 2.38 bits per heavy atom. The van der Waals surface area contributed by atoms with Crippen LogP contribution in [0, 0.1) is 12.8 Å². The number of nitrogens with two attached hydrogens (primary N) is 1. The molecule has 0 aromatic heterocycles. The number of hydrogen-bond donors (Lipinski definition) is 2. The first-order chi connectivity index (χ1) is 10.2. The van der Waals surface area contributed by atoms with E-state index in [0.29, 0.717) is 5.92 Å². The average molecular weight is 371 g/mol. The minimum absolute atomic E-state index is 0.0998. The molecule has 1 spiro atoms. The van der Waals surface area contributed by atoms with Crippen LogP contribution in [0.15, 0.2) is 22.7 Å². The molecule has 3 atom stereocenters. The lowest BCUT2D eigenvalue weighted by Gasteiger charge is -2.41. The lowest BCUT2D eigenvalue weighted by atomic mass is 9.78. The lowest BCUT2D eigenvalue weighted by molar-refractivity contribution is -0.0854. The van der Waals surface area contributed by atoms with Gasteiger partial charge in [0, 0.05) is 22.9 Å². The number of hydrogen-bond acceptors (Lipinski definition) is 4. The Hall–Kier alpha value is -0.0700. The van der Waals surface area contributed by atoms with Crippen LogP contribution in [0.1, 0.15) is 36.4 Å². The molecule has 3 rings (SSSR count). The number of hydrazine groups is 1. The van der Waals surface area contributed by atoms with Crippen molar-refractivity contribution in [2.24, 2.45) is 11.8 Å². The molecule has 0 aliphatic carbocycles. The number of halogens is 1. The van der Waals surface area contributed by atoms with Gasteiger partial charge in [-0.1, -0.05) is 28.1 Å². The van der Waals surface area contributed by atoms with Crippen molar-refractivity contribution >= 4 is 27.7 Å². The summed E-state index contributed by atoms with van der Waals surface area (Å²) in [5, 5.41) is 0. The smallest absolute Gasteiger partial charge is 0.0783 e. The van der Waals surface area contributed by atoms with E-state index in [0.717, 1.165) is 29.7 Å². The molecule has 1 aromatic rings. The molecule has 2 fully saturated rings. The molecular formula is C16H23BrN2OS. The van der Waals surface area contributed by atoms with Crippen LogP contribution in [0.2, 0.25) is 0 Å². The summed E-state index contributed by atoms with van der Waals surface area (Å²) >= 11 is 5.65. The van der Waals surface area contributed by atoms with E-state index in [2.05, 4.69) is 46.5 Å². The molecule has 0 bridgehead atoms. The highest BCUT2D eigenvalue weighted by atomic mass is 79.9. The second-order valence-electron chi connectivity index (χ2n) is 6.19. The second-order valence-corrected chi connectivity index (χ2v) is 8.14. The SMILES string of the molecule is Cc1c(Br)cccc1C(NN)C1CCOC2(CCSC2)C1. The normalized spacial score (nSPS) is 30.7. The highest BCUT2D eigenvalue weighted by Gasteiger charge is 2.42. The molecule has 21 heavy (non-hydrogen) atoms. The molecule has 2 aliphatic rings. The van der Waals surface area contributed by atoms with Crippen LogP contribution in [0.4, 0.5) is 0 Å². The average Bonchev–Trinajstić information content (AvgIpc) is 2.92. The van der Waals surface area contributed by atoms with E-state index in [1.807, 2.05) is 11.8 Å². The van der Waals surface area contributed by atoms with E-state index in [4.69, 9.17) is 10.6 Å². The molecule has 116 valence electrons. The third-order valence-electron chi connectivity index (χ3n) is 4.89. The summed E-state index contributed by atoms with van der Waals surface area (Å²) in [7, 11) is 0. The predicted octanol–water partition coefficient (Wildman–Crippen LogP) is 3.56. The molecular weight excluding hydrogens is 348 g/mol. The van der Waals surface area contributed by atoms with Crippen molar-refractivity contribution < 1.29 is 4.74 Å². The zero-order valence-corrected chi connectivity index (χ0v) is 14.8. The number of nitrogens with one attached hydrogen (secondary N) is 1. The molecule has 2 saturated heterocycles. The summed E-state index contributed by atoms with van der Waals surface area (Å²) in [5.41, 5.74) is 5.76. The van der Waals surface area contributed by atoms with Gasteiger partial charge in [-0.25, -0.2) is 0 Å². The van der Waals surface area contributed by atoms with E-state index in [1.165, 1.54) is 23.3 Å². The molecule has 0 saturated carbocycles. The Morgan fingerprint density at radius 3 is 3.10 bits per heavy atom. The Labute approximate surface area is 139 Å². The van der Waals surface area contributed by atoms with E-state index in [-0.39, 0.29) is 11.6 Å². The minimum Gasteiger partial charge on any atom is -0.374 e. The molecule has 2 heterocycles. The highest BCUT2D eigenvalue weighted by Crippen LogP contribution is 2.44. The molecule has 5 heteroatoms. The van der Waals surface area contributed by atoms with Gasteiger partial charge in [0.1, 0.15) is 0 Å². The predicted molar refractivity (Wildman–Crippen MR) is 92.3 cm³/mol. The van der Waals surface area contributed by atoms with Gasteiger partial charge >= 0.3 is 0 Å². The lowest BCUT2D eigenvalue weighted by Crippen LogP contribution is -2.45. The van der Waals surface area contributed by atoms with Crippen LogP contribution < -0.4 is 11.3 Å². The maximum absolute atomic E-state index is 6.14. The first-order valence-electron chi connectivity index (χ1n) is 7.58. The van der Waals surface area contributed by atoms with E-state index in [1.54, 1.807) is 0 Å². The second kappa shape index (κ2) is 6.59. The van der Waals surface area contributed by atoms with Crippen LogP contribution in [-0.4, -0.2) is 23.7 Å². The Kier molecular flexibility index (Phi) is 4.96. The van der Waals surface area contributed by atoms with E-state index in [9.17, 15) is 0 Å². The van der Waals surface area contributed by atoms with Gasteiger partial charge < -0.3 is 4.74 Å². The minimum atomic E-state index is 0.0998. The number of ether oxygens (including phenoxy) is 1. The van der Waals surface area contributed by atoms with Crippen LogP contribution in [-0.2, 0) is 4.74 Å². The third kappa shape index (κ3) is 3.17. The Bertz CT molecular complexity index is 505. The zero-order chi connectivity index (χ0) is 14.9. The van der Waals surface area contributed by atoms with Gasteiger partial charge in [0.15, 0.2) is 0 Å². The molecule has 1 aromatic carbocycles. The summed E-state index contributed by atoms with van der Waals surface area (Å²) in [4.78, 5) is 0. The standard InChI is InChI=1S/C16H23BrN2OS/c1-11-13(3-2-4-14(11)17)15(19-18)12-5-7-20-16(9-12)6-8-21-10-16/h2-4,12,15,19H,5-10,18H2,1H3. The van der Waals surface area contributed by atoms with Crippen molar-refractivity contribution in [1.29, 1.82) is 0 Å². The van der Waals surface area contributed by atoms with Gasteiger partial charge in [0.05, 0.1) is 5.60 Å². The Balaban J connectivity index is 1.84. The quantitative estimate of drug-likeness (QED) is 0.630. The van der Waals surface area contributed by atoms with Crippen LogP contribution >= 0.6 is 27.7 Å². The van der Waals surface area contributed by atoms with Gasteiger partial charge in [-0.2, -0.15) is 11.8 Å². The molecule has 3 unspecified atom stereocenters. The molecule has 2 aliphatic heterocycles. The van der Waals surface area contributed by atoms with Crippen LogP contribution in [0.3, 0.4) is 0 Å². The zero-order valence-electron chi connectivity index (χ0n) is 12.4. The number of benzene rings is 1. The van der Waals surface area contributed by atoms with Gasteiger partial charge in [0.2, 0.25) is 0 Å². The van der Waals surface area contributed by atoms with Gasteiger partial charge in [0.25, 0.3) is 0 Å². The van der Waals surface area contributed by atoms with Crippen molar-refractivity contribution in [3.63, 3.8) is 0 Å². The Morgan fingerprint density at radius 1 is 1.52 bits per heavy atom. The maximum atomic E-state index is 6.14. The molecule has 3 N–H and O–H groups in total. The van der Waals surface area contributed by atoms with Crippen molar-refractivity contribution in [1.82, 2.24) is 5.43 Å². The van der Waals surface area contributed by atoms with Crippen molar-refractivity contribution in [2.45, 2.75) is 37.8 Å². The summed E-state index contributed by atoms with van der Waals surface area (Å²) in [6.07, 6.45) is 3.37. The monoisotopic (exact) mass is 370 g/mol. The van der Waals surface area contributed by atoms with Crippen LogP contribution in [0.25, 0.3) is 0 Å². The first kappa shape index (κ1) is 15.8. The number of rotatable bonds is 3. The maximum Gasteiger partial charge on any atom is 0.0783 e. The molecule has 0 radical (unpaired) electrons.